The number of fused-ring (bicyclic) bond motifs is 3. The number of H-pyrrole nitrogens is 1. The second-order valence-electron chi connectivity index (χ2n) is 9.73. The Morgan fingerprint density at radius 2 is 2.08 bits per heavy atom. The number of rotatable bonds is 8. The molecule has 1 atom stereocenters. The van der Waals surface area contributed by atoms with Gasteiger partial charge in [0.05, 0.1) is 6.61 Å². The van der Waals surface area contributed by atoms with Crippen molar-refractivity contribution in [1.29, 1.82) is 0 Å². The number of aromatic amines is 1. The van der Waals surface area contributed by atoms with Gasteiger partial charge in [-0.1, -0.05) is 53.6 Å². The minimum absolute atomic E-state index is 0.341. The first kappa shape index (κ1) is 28.8. The monoisotopic (exact) mass is 597 g/mol. The topological polar surface area (TPSA) is 57.8 Å². The third kappa shape index (κ3) is 6.78. The molecule has 2 aliphatic carbocycles. The minimum Gasteiger partial charge on any atom is -0.411 e. The molecule has 3 aliphatic rings. The van der Waals surface area contributed by atoms with Crippen LogP contribution >= 0.6 is 35.1 Å². The van der Waals surface area contributed by atoms with E-state index in [0.29, 0.717) is 41.8 Å². The number of hydrogen-bond donors (Lipinski definition) is 1. The van der Waals surface area contributed by atoms with Crippen LogP contribution in [0.3, 0.4) is 0 Å². The molecule has 2 aromatic rings. The van der Waals surface area contributed by atoms with Gasteiger partial charge in [-0.3, -0.25) is 4.90 Å². The van der Waals surface area contributed by atoms with Crippen molar-refractivity contribution in [3.63, 3.8) is 0 Å². The summed E-state index contributed by atoms with van der Waals surface area (Å²) in [5, 5.41) is 2.41. The molecule has 2 heterocycles. The zero-order valence-corrected chi connectivity index (χ0v) is 25.0. The summed E-state index contributed by atoms with van der Waals surface area (Å²) in [5.74, 6) is 0.490. The van der Waals surface area contributed by atoms with Crippen LogP contribution in [0.1, 0.15) is 37.1 Å². The Balaban J connectivity index is 1.46. The second kappa shape index (κ2) is 13.3. The Labute approximate surface area is 249 Å². The van der Waals surface area contributed by atoms with Gasteiger partial charge in [-0.15, -0.1) is 0 Å². The van der Waals surface area contributed by atoms with Gasteiger partial charge < -0.3 is 14.5 Å². The summed E-state index contributed by atoms with van der Waals surface area (Å²) in [6.45, 7) is 4.78. The molecule has 0 bridgehead atoms. The maximum absolute atomic E-state index is 13.7. The molecular weight excluding hydrogens is 565 g/mol. The van der Waals surface area contributed by atoms with Crippen molar-refractivity contribution in [1.82, 2.24) is 14.2 Å². The van der Waals surface area contributed by atoms with Gasteiger partial charge in [0, 0.05) is 51.3 Å². The van der Waals surface area contributed by atoms with E-state index in [0.717, 1.165) is 41.7 Å². The molecule has 40 heavy (non-hydrogen) atoms. The van der Waals surface area contributed by atoms with Crippen molar-refractivity contribution in [2.75, 3.05) is 33.4 Å². The maximum Gasteiger partial charge on any atom is 0.416 e. The number of ether oxygens (including phenoxy) is 2. The van der Waals surface area contributed by atoms with Crippen LogP contribution in [-0.2, 0) is 15.9 Å². The smallest absolute Gasteiger partial charge is 0.411 e. The third-order valence-corrected chi connectivity index (χ3v) is 8.55. The van der Waals surface area contributed by atoms with E-state index in [1.54, 1.807) is 24.1 Å². The highest BCUT2D eigenvalue weighted by molar-refractivity contribution is 8.00. The fourth-order valence-electron chi connectivity index (χ4n) is 5.08. The number of hydrogen-bond acceptors (Lipinski definition) is 5. The van der Waals surface area contributed by atoms with E-state index in [2.05, 4.69) is 40.6 Å². The number of likely N-dealkylation sites (N-methyl/N-ethyl adjacent to an activating group) is 1. The highest BCUT2D eigenvalue weighted by atomic mass is 35.5. The number of nitrogens with zero attached hydrogens (tertiary/aromatic N) is 2. The van der Waals surface area contributed by atoms with Crippen molar-refractivity contribution in [3.05, 3.63) is 104 Å². The molecule has 1 aromatic carbocycles. The molecule has 9 heteroatoms. The Kier molecular flexibility index (Phi) is 9.60. The van der Waals surface area contributed by atoms with Crippen molar-refractivity contribution in [3.8, 4) is 0 Å². The first-order chi connectivity index (χ1) is 19.4. The van der Waals surface area contributed by atoms with E-state index < -0.39 is 6.09 Å². The van der Waals surface area contributed by atoms with Crippen LogP contribution in [0.5, 0.6) is 0 Å². The van der Waals surface area contributed by atoms with Gasteiger partial charge in [0.1, 0.15) is 11.8 Å². The van der Waals surface area contributed by atoms with Crippen LogP contribution in [0.4, 0.5) is 4.79 Å². The van der Waals surface area contributed by atoms with Gasteiger partial charge in [-0.05, 0) is 92.7 Å². The zero-order valence-electron chi connectivity index (χ0n) is 22.7. The number of amides is 1. The molecule has 1 N–H and O–H groups in total. The summed E-state index contributed by atoms with van der Waals surface area (Å²) >= 11 is 14.2. The van der Waals surface area contributed by atoms with Crippen molar-refractivity contribution in [2.24, 2.45) is 0 Å². The summed E-state index contributed by atoms with van der Waals surface area (Å²) in [4.78, 5) is 20.3. The lowest BCUT2D eigenvalue weighted by Gasteiger charge is -2.35. The van der Waals surface area contributed by atoms with Crippen LogP contribution in [0.25, 0.3) is 10.9 Å². The lowest BCUT2D eigenvalue weighted by atomic mass is 9.92. The molecule has 0 spiro atoms. The maximum atomic E-state index is 13.7. The fourth-order valence-corrected chi connectivity index (χ4v) is 6.27. The lowest BCUT2D eigenvalue weighted by molar-refractivity contribution is 0.115. The van der Waals surface area contributed by atoms with Crippen LogP contribution in [0.2, 0.25) is 5.02 Å². The molecule has 0 radical (unpaired) electrons. The first-order valence-electron chi connectivity index (χ1n) is 13.5. The highest BCUT2D eigenvalue weighted by Crippen LogP contribution is 2.41. The minimum atomic E-state index is -0.394. The van der Waals surface area contributed by atoms with Gasteiger partial charge in [0.2, 0.25) is 0 Å². The quantitative estimate of drug-likeness (QED) is 0.245. The molecule has 210 valence electrons. The number of allylic oxidation sites excluding steroid dienone is 9. The fraction of sp³-hybridized carbons (Fsp3) is 0.323. The molecule has 0 fully saturated rings. The molecule has 0 saturated heterocycles. The van der Waals surface area contributed by atoms with Gasteiger partial charge in [0.25, 0.3) is 0 Å². The van der Waals surface area contributed by atoms with Crippen LogP contribution in [-0.4, -0.2) is 53.6 Å². The molecule has 1 unspecified atom stereocenters. The van der Waals surface area contributed by atoms with Crippen LogP contribution in [0.15, 0.2) is 88.1 Å². The normalized spacial score (nSPS) is 19.0. The predicted octanol–water partition coefficient (Wildman–Crippen LogP) is 8.21. The SMILES string of the molecule is CCOCCN(C)SC1=CC=C(C2c3[nH]c4ccc(Cl)cc4c3CCN2C(=O)OC2=CCC=C(Cl)C=C2)C=CC1. The largest absolute Gasteiger partial charge is 0.416 e. The van der Waals surface area contributed by atoms with E-state index in [9.17, 15) is 4.79 Å². The highest BCUT2D eigenvalue weighted by Gasteiger charge is 2.36. The summed E-state index contributed by atoms with van der Waals surface area (Å²) in [6, 6.07) is 5.54. The number of aromatic nitrogens is 1. The van der Waals surface area contributed by atoms with E-state index in [1.165, 1.54) is 10.5 Å². The van der Waals surface area contributed by atoms with Gasteiger partial charge >= 0.3 is 6.09 Å². The van der Waals surface area contributed by atoms with E-state index in [4.69, 9.17) is 32.7 Å². The Morgan fingerprint density at radius 3 is 2.92 bits per heavy atom. The van der Waals surface area contributed by atoms with E-state index >= 15 is 0 Å². The summed E-state index contributed by atoms with van der Waals surface area (Å²) in [5.41, 5.74) is 4.19. The third-order valence-electron chi connectivity index (χ3n) is 7.00. The van der Waals surface area contributed by atoms with Crippen LogP contribution < -0.4 is 0 Å². The number of carbonyl (C=O) groups excluding carboxylic acids is 1. The summed E-state index contributed by atoms with van der Waals surface area (Å²) in [6.07, 6.45) is 17.5. The lowest BCUT2D eigenvalue weighted by Crippen LogP contribution is -2.41. The molecular formula is C31H33Cl2N3O3S. The molecule has 1 aliphatic heterocycles. The van der Waals surface area contributed by atoms with Gasteiger partial charge in [-0.2, -0.15) is 0 Å². The number of benzene rings is 1. The van der Waals surface area contributed by atoms with Crippen molar-refractivity contribution < 1.29 is 14.3 Å². The number of carbonyl (C=O) groups is 1. The van der Waals surface area contributed by atoms with Crippen LogP contribution in [0, 0.1) is 0 Å². The van der Waals surface area contributed by atoms with Gasteiger partial charge in [0.15, 0.2) is 0 Å². The second-order valence-corrected chi connectivity index (χ2v) is 11.9. The molecule has 1 amide bonds. The van der Waals surface area contributed by atoms with E-state index in [-0.39, 0.29) is 6.04 Å². The summed E-state index contributed by atoms with van der Waals surface area (Å²) < 4.78 is 13.6. The summed E-state index contributed by atoms with van der Waals surface area (Å²) in [7, 11) is 2.07. The predicted molar refractivity (Wildman–Crippen MR) is 165 cm³/mol. The van der Waals surface area contributed by atoms with E-state index in [1.807, 2.05) is 42.2 Å². The Morgan fingerprint density at radius 1 is 1.20 bits per heavy atom. The number of halogens is 2. The number of nitrogens with one attached hydrogen (secondary N) is 1. The Hall–Kier alpha value is -2.68. The molecule has 0 saturated carbocycles. The molecule has 5 rings (SSSR count). The zero-order chi connectivity index (χ0) is 28.1. The van der Waals surface area contributed by atoms with Crippen molar-refractivity contribution >= 4 is 52.1 Å². The molecule has 1 aromatic heterocycles. The van der Waals surface area contributed by atoms with Gasteiger partial charge in [-0.25, -0.2) is 9.10 Å². The molecule has 6 nitrogen and oxygen atoms in total. The Bertz CT molecular complexity index is 1450. The standard InChI is InChI=1S/C31H33Cl2N3O3S/c1-3-38-19-18-35(2)40-25-9-4-6-21(10-14-25)30-29-26(27-20-23(33)12-15-28(27)34-29)16-17-36(30)31(37)39-24-8-5-7-22(32)11-13-24/h4,6-8,10-15,20,30,34H,3,5,9,16-19H2,1-2H3. The van der Waals surface area contributed by atoms with Crippen molar-refractivity contribution in [2.45, 2.75) is 32.2 Å². The first-order valence-corrected chi connectivity index (χ1v) is 15.0. The average molecular weight is 599 g/mol. The average Bonchev–Trinajstić information content (AvgIpc) is 3.04.